The second kappa shape index (κ2) is 6.51. The predicted molar refractivity (Wildman–Crippen MR) is 60.2 cm³/mol. The molecule has 0 aliphatic heterocycles. The maximum Gasteiger partial charge on any atom is 0.0703 e. The molecule has 0 N–H and O–H groups in total. The number of hydrogen-bond donors (Lipinski definition) is 0. The summed E-state index contributed by atoms with van der Waals surface area (Å²) in [6.45, 7) is 2.29. The van der Waals surface area contributed by atoms with E-state index in [0.717, 1.165) is 5.92 Å². The summed E-state index contributed by atoms with van der Waals surface area (Å²) in [4.78, 5) is 0. The molecule has 1 heteroatoms. The standard InChI is InChI=1S/C12H23B/c1-2-11-9-7-5-3-4-6-8-10-12(11)13/h11-12H,2-10H2,1H3/t11-,12-/m1/s1. The molecule has 0 saturated heterocycles. The van der Waals surface area contributed by atoms with E-state index in [4.69, 9.17) is 7.85 Å². The van der Waals surface area contributed by atoms with Crippen LogP contribution in [-0.4, -0.2) is 7.85 Å². The van der Waals surface area contributed by atoms with E-state index in [0.29, 0.717) is 5.82 Å². The molecule has 0 aromatic heterocycles. The highest BCUT2D eigenvalue weighted by Gasteiger charge is 2.14. The van der Waals surface area contributed by atoms with Crippen molar-refractivity contribution in [3.63, 3.8) is 0 Å². The molecule has 1 fully saturated rings. The minimum Gasteiger partial charge on any atom is -0.0746 e. The third kappa shape index (κ3) is 4.20. The van der Waals surface area contributed by atoms with Crippen LogP contribution in [0.1, 0.15) is 64.7 Å². The molecule has 74 valence electrons. The van der Waals surface area contributed by atoms with Crippen molar-refractivity contribution in [1.82, 2.24) is 0 Å². The first-order valence-corrected chi connectivity index (χ1v) is 6.10. The average Bonchev–Trinajstić information content (AvgIpc) is 2.16. The van der Waals surface area contributed by atoms with Crippen molar-refractivity contribution in [2.24, 2.45) is 5.92 Å². The van der Waals surface area contributed by atoms with Crippen molar-refractivity contribution in [2.45, 2.75) is 70.5 Å². The van der Waals surface area contributed by atoms with Crippen LogP contribution < -0.4 is 0 Å². The highest BCUT2D eigenvalue weighted by atomic mass is 14.2. The van der Waals surface area contributed by atoms with Crippen molar-refractivity contribution in [3.8, 4) is 0 Å². The Hall–Kier alpha value is 0.0649. The molecule has 0 amide bonds. The van der Waals surface area contributed by atoms with Gasteiger partial charge in [0.2, 0.25) is 0 Å². The molecular formula is C12H23B. The SMILES string of the molecule is [B][C@@H]1CCCCCCCC[C@H]1CC. The van der Waals surface area contributed by atoms with E-state index in [-0.39, 0.29) is 0 Å². The first-order chi connectivity index (χ1) is 6.34. The van der Waals surface area contributed by atoms with Gasteiger partial charge in [-0.3, -0.25) is 0 Å². The smallest absolute Gasteiger partial charge is 0.0703 e. The van der Waals surface area contributed by atoms with Gasteiger partial charge in [-0.15, -0.1) is 0 Å². The van der Waals surface area contributed by atoms with E-state index < -0.39 is 0 Å². The predicted octanol–water partition coefficient (Wildman–Crippen LogP) is 4.10. The lowest BCUT2D eigenvalue weighted by atomic mass is 9.70. The Balaban J connectivity index is 2.32. The monoisotopic (exact) mass is 178 g/mol. The van der Waals surface area contributed by atoms with Crippen LogP contribution >= 0.6 is 0 Å². The molecule has 1 rings (SSSR count). The summed E-state index contributed by atoms with van der Waals surface area (Å²) in [7, 11) is 6.18. The van der Waals surface area contributed by atoms with Crippen LogP contribution in [0, 0.1) is 5.92 Å². The van der Waals surface area contributed by atoms with Gasteiger partial charge in [0, 0.05) is 0 Å². The minimum absolute atomic E-state index is 0.489. The summed E-state index contributed by atoms with van der Waals surface area (Å²) in [5, 5.41) is 0. The van der Waals surface area contributed by atoms with Gasteiger partial charge in [0.25, 0.3) is 0 Å². The lowest BCUT2D eigenvalue weighted by Crippen LogP contribution is -2.09. The summed E-state index contributed by atoms with van der Waals surface area (Å²) in [5.74, 6) is 1.29. The summed E-state index contributed by atoms with van der Waals surface area (Å²) < 4.78 is 0. The van der Waals surface area contributed by atoms with Crippen LogP contribution in [0.5, 0.6) is 0 Å². The largest absolute Gasteiger partial charge is 0.0746 e. The summed E-state index contributed by atoms with van der Waals surface area (Å²) in [5.41, 5.74) is 0. The molecule has 1 aliphatic rings. The molecule has 0 aromatic carbocycles. The summed E-state index contributed by atoms with van der Waals surface area (Å²) in [6.07, 6.45) is 12.4. The third-order valence-corrected chi connectivity index (χ3v) is 3.49. The zero-order valence-electron chi connectivity index (χ0n) is 9.10. The normalized spacial score (nSPS) is 32.7. The molecule has 0 aromatic rings. The van der Waals surface area contributed by atoms with E-state index in [9.17, 15) is 0 Å². The molecule has 0 nitrogen and oxygen atoms in total. The van der Waals surface area contributed by atoms with Gasteiger partial charge in [0.1, 0.15) is 0 Å². The van der Waals surface area contributed by atoms with Gasteiger partial charge in [-0.05, 0) is 5.92 Å². The Kier molecular flexibility index (Phi) is 5.58. The number of hydrogen-bond acceptors (Lipinski definition) is 0. The Morgan fingerprint density at radius 1 is 0.923 bits per heavy atom. The van der Waals surface area contributed by atoms with Crippen LogP contribution in [0.4, 0.5) is 0 Å². The van der Waals surface area contributed by atoms with Gasteiger partial charge in [-0.1, -0.05) is 70.5 Å². The van der Waals surface area contributed by atoms with Gasteiger partial charge < -0.3 is 0 Å². The molecule has 2 atom stereocenters. The Morgan fingerprint density at radius 2 is 1.46 bits per heavy atom. The van der Waals surface area contributed by atoms with Crippen molar-refractivity contribution in [2.75, 3.05) is 0 Å². The van der Waals surface area contributed by atoms with E-state index >= 15 is 0 Å². The molecule has 1 saturated carbocycles. The van der Waals surface area contributed by atoms with E-state index in [1.165, 1.54) is 57.8 Å². The van der Waals surface area contributed by atoms with Gasteiger partial charge >= 0.3 is 0 Å². The second-order valence-corrected chi connectivity index (χ2v) is 4.53. The fraction of sp³-hybridized carbons (Fsp3) is 1.00. The molecule has 2 radical (unpaired) electrons. The van der Waals surface area contributed by atoms with E-state index in [1.54, 1.807) is 0 Å². The first-order valence-electron chi connectivity index (χ1n) is 6.10. The van der Waals surface area contributed by atoms with Crippen molar-refractivity contribution < 1.29 is 0 Å². The third-order valence-electron chi connectivity index (χ3n) is 3.49. The highest BCUT2D eigenvalue weighted by molar-refractivity contribution is 6.11. The van der Waals surface area contributed by atoms with Crippen LogP contribution in [0.15, 0.2) is 0 Å². The summed E-state index contributed by atoms with van der Waals surface area (Å²) in [6, 6.07) is 0. The average molecular weight is 178 g/mol. The Bertz CT molecular complexity index is 122. The Morgan fingerprint density at radius 3 is 2.08 bits per heavy atom. The molecule has 0 unspecified atom stereocenters. The van der Waals surface area contributed by atoms with Gasteiger partial charge in [-0.2, -0.15) is 0 Å². The molecule has 0 spiro atoms. The van der Waals surface area contributed by atoms with Gasteiger partial charge in [-0.25, -0.2) is 0 Å². The van der Waals surface area contributed by atoms with Crippen molar-refractivity contribution >= 4 is 7.85 Å². The van der Waals surface area contributed by atoms with Crippen LogP contribution in [-0.2, 0) is 0 Å². The zero-order chi connectivity index (χ0) is 9.52. The quantitative estimate of drug-likeness (QED) is 0.530. The fourth-order valence-corrected chi connectivity index (χ4v) is 2.45. The fourth-order valence-electron chi connectivity index (χ4n) is 2.45. The van der Waals surface area contributed by atoms with Gasteiger partial charge in [0.15, 0.2) is 0 Å². The Labute approximate surface area is 84.9 Å². The zero-order valence-corrected chi connectivity index (χ0v) is 9.10. The second-order valence-electron chi connectivity index (χ2n) is 4.53. The lowest BCUT2D eigenvalue weighted by Gasteiger charge is -2.24. The van der Waals surface area contributed by atoms with E-state index in [2.05, 4.69) is 6.92 Å². The molecule has 0 bridgehead atoms. The van der Waals surface area contributed by atoms with Crippen LogP contribution in [0.2, 0.25) is 5.82 Å². The van der Waals surface area contributed by atoms with Crippen molar-refractivity contribution in [3.05, 3.63) is 0 Å². The van der Waals surface area contributed by atoms with Crippen LogP contribution in [0.3, 0.4) is 0 Å². The highest BCUT2D eigenvalue weighted by Crippen LogP contribution is 2.30. The lowest BCUT2D eigenvalue weighted by molar-refractivity contribution is 0.380. The van der Waals surface area contributed by atoms with Gasteiger partial charge in [0.05, 0.1) is 7.85 Å². The summed E-state index contributed by atoms with van der Waals surface area (Å²) >= 11 is 0. The van der Waals surface area contributed by atoms with Crippen molar-refractivity contribution in [1.29, 1.82) is 0 Å². The topological polar surface area (TPSA) is 0 Å². The minimum atomic E-state index is 0.489. The van der Waals surface area contributed by atoms with Crippen LogP contribution in [0.25, 0.3) is 0 Å². The first kappa shape index (κ1) is 11.1. The molecule has 1 aliphatic carbocycles. The molecule has 13 heavy (non-hydrogen) atoms. The number of rotatable bonds is 1. The molecular weight excluding hydrogens is 155 g/mol. The molecule has 0 heterocycles. The van der Waals surface area contributed by atoms with E-state index in [1.807, 2.05) is 0 Å². The maximum absolute atomic E-state index is 6.18. The maximum atomic E-state index is 6.18.